The van der Waals surface area contributed by atoms with Crippen LogP contribution in [0.5, 0.6) is 0 Å². The number of nitrogens with zero attached hydrogens (tertiary/aromatic N) is 1. The zero-order chi connectivity index (χ0) is 14.4. The van der Waals surface area contributed by atoms with Gasteiger partial charge in [-0.25, -0.2) is 0 Å². The van der Waals surface area contributed by atoms with Crippen LogP contribution in [-0.2, 0) is 6.42 Å². The van der Waals surface area contributed by atoms with E-state index >= 15 is 0 Å². The summed E-state index contributed by atoms with van der Waals surface area (Å²) in [5.74, 6) is -0.175. The number of hydrogen-bond donors (Lipinski definition) is 1. The lowest BCUT2D eigenvalue weighted by Crippen LogP contribution is -2.11. The molecule has 0 aliphatic heterocycles. The number of nitriles is 1. The maximum absolute atomic E-state index is 12.0. The van der Waals surface area contributed by atoms with Crippen molar-refractivity contribution in [3.63, 3.8) is 0 Å². The van der Waals surface area contributed by atoms with E-state index in [1.165, 1.54) is 0 Å². The molecule has 0 atom stereocenters. The van der Waals surface area contributed by atoms with Gasteiger partial charge in [-0.05, 0) is 48.4 Å². The summed E-state index contributed by atoms with van der Waals surface area (Å²) in [5, 5.41) is 11.9. The summed E-state index contributed by atoms with van der Waals surface area (Å²) < 4.78 is 0. The third-order valence-corrected chi connectivity index (χ3v) is 3.10. The molecule has 2 aromatic carbocycles. The largest absolute Gasteiger partial charge is 0.322 e. The number of carbonyl (C=O) groups is 1. The third kappa shape index (κ3) is 3.84. The second-order valence-electron chi connectivity index (χ2n) is 4.32. The summed E-state index contributed by atoms with van der Waals surface area (Å²) in [6.45, 7) is 0. The van der Waals surface area contributed by atoms with Crippen molar-refractivity contribution in [2.75, 3.05) is 5.32 Å². The minimum absolute atomic E-state index is 0.175. The van der Waals surface area contributed by atoms with Crippen molar-refractivity contribution >= 4 is 23.2 Å². The number of nitrogens with one attached hydrogen (secondary N) is 1. The highest BCUT2D eigenvalue weighted by Crippen LogP contribution is 2.14. The molecule has 0 saturated heterocycles. The molecule has 2 aromatic rings. The highest BCUT2D eigenvalue weighted by atomic mass is 35.5. The van der Waals surface area contributed by atoms with Crippen LogP contribution in [0.15, 0.2) is 48.5 Å². The molecule has 0 radical (unpaired) electrons. The molecule has 0 heterocycles. The van der Waals surface area contributed by atoms with E-state index in [0.717, 1.165) is 17.7 Å². The van der Waals surface area contributed by atoms with Gasteiger partial charge in [0.1, 0.15) is 0 Å². The molecule has 3 nitrogen and oxygen atoms in total. The van der Waals surface area contributed by atoms with E-state index in [-0.39, 0.29) is 5.91 Å². The lowest BCUT2D eigenvalue weighted by Gasteiger charge is -2.06. The molecule has 0 aliphatic carbocycles. The van der Waals surface area contributed by atoms with Gasteiger partial charge >= 0.3 is 0 Å². The second-order valence-corrected chi connectivity index (χ2v) is 4.75. The van der Waals surface area contributed by atoms with E-state index in [2.05, 4.69) is 11.4 Å². The first-order valence-electron chi connectivity index (χ1n) is 6.22. The van der Waals surface area contributed by atoms with Crippen LogP contribution in [0.4, 0.5) is 5.69 Å². The molecular formula is C16H13ClN2O. The third-order valence-electron chi connectivity index (χ3n) is 2.84. The number of amides is 1. The average molecular weight is 285 g/mol. The first-order chi connectivity index (χ1) is 9.69. The lowest BCUT2D eigenvalue weighted by atomic mass is 10.1. The van der Waals surface area contributed by atoms with Crippen LogP contribution in [0, 0.1) is 11.3 Å². The minimum Gasteiger partial charge on any atom is -0.322 e. The highest BCUT2D eigenvalue weighted by molar-refractivity contribution is 6.30. The van der Waals surface area contributed by atoms with E-state index in [0.29, 0.717) is 17.0 Å². The van der Waals surface area contributed by atoms with Crippen LogP contribution in [0.1, 0.15) is 22.3 Å². The Bertz CT molecular complexity index is 627. The van der Waals surface area contributed by atoms with Crippen LogP contribution in [0.25, 0.3) is 0 Å². The van der Waals surface area contributed by atoms with Gasteiger partial charge in [-0.15, -0.1) is 0 Å². The summed E-state index contributed by atoms with van der Waals surface area (Å²) in [5.41, 5.74) is 2.37. The monoisotopic (exact) mass is 284 g/mol. The van der Waals surface area contributed by atoms with Gasteiger partial charge < -0.3 is 5.32 Å². The van der Waals surface area contributed by atoms with Crippen LogP contribution in [0.2, 0.25) is 5.02 Å². The van der Waals surface area contributed by atoms with Crippen molar-refractivity contribution in [1.82, 2.24) is 0 Å². The Morgan fingerprint density at radius 1 is 1.10 bits per heavy atom. The summed E-state index contributed by atoms with van der Waals surface area (Å²) in [6.07, 6.45) is 1.22. The topological polar surface area (TPSA) is 52.9 Å². The molecule has 0 bridgehead atoms. The van der Waals surface area contributed by atoms with Crippen LogP contribution in [-0.4, -0.2) is 5.91 Å². The van der Waals surface area contributed by atoms with Gasteiger partial charge in [0.2, 0.25) is 0 Å². The Kier molecular flexibility index (Phi) is 4.75. The number of carbonyl (C=O) groups excluding carboxylic acids is 1. The van der Waals surface area contributed by atoms with E-state index in [1.54, 1.807) is 24.3 Å². The van der Waals surface area contributed by atoms with Gasteiger partial charge in [0.05, 0.1) is 6.07 Å². The normalized spacial score (nSPS) is 9.80. The maximum atomic E-state index is 12.0. The number of halogens is 1. The van der Waals surface area contributed by atoms with Crippen molar-refractivity contribution < 1.29 is 4.79 Å². The van der Waals surface area contributed by atoms with Crippen LogP contribution >= 0.6 is 11.6 Å². The fourth-order valence-corrected chi connectivity index (χ4v) is 1.89. The van der Waals surface area contributed by atoms with Gasteiger partial charge in [-0.2, -0.15) is 5.26 Å². The minimum atomic E-state index is -0.175. The molecule has 4 heteroatoms. The molecule has 1 N–H and O–H groups in total. The van der Waals surface area contributed by atoms with Crippen molar-refractivity contribution in [2.45, 2.75) is 12.8 Å². The molecule has 0 unspecified atom stereocenters. The molecule has 100 valence electrons. The first-order valence-corrected chi connectivity index (χ1v) is 6.59. The molecule has 1 amide bonds. The van der Waals surface area contributed by atoms with E-state index in [1.807, 2.05) is 24.3 Å². The predicted molar refractivity (Wildman–Crippen MR) is 79.8 cm³/mol. The van der Waals surface area contributed by atoms with Gasteiger partial charge in [-0.1, -0.05) is 23.7 Å². The van der Waals surface area contributed by atoms with Crippen molar-refractivity contribution in [3.8, 4) is 6.07 Å². The summed E-state index contributed by atoms with van der Waals surface area (Å²) in [7, 11) is 0. The van der Waals surface area contributed by atoms with Crippen LogP contribution < -0.4 is 5.32 Å². The number of benzene rings is 2. The van der Waals surface area contributed by atoms with Gasteiger partial charge in [0.25, 0.3) is 5.91 Å². The van der Waals surface area contributed by atoms with Crippen molar-refractivity contribution in [1.29, 1.82) is 5.26 Å². The van der Waals surface area contributed by atoms with Gasteiger partial charge in [0.15, 0.2) is 0 Å². The molecule has 0 fully saturated rings. The molecule has 0 aliphatic rings. The molecule has 2 rings (SSSR count). The highest BCUT2D eigenvalue weighted by Gasteiger charge is 2.05. The Morgan fingerprint density at radius 3 is 2.35 bits per heavy atom. The lowest BCUT2D eigenvalue weighted by molar-refractivity contribution is 0.102. The fraction of sp³-hybridized carbons (Fsp3) is 0.125. The Hall–Kier alpha value is -2.31. The van der Waals surface area contributed by atoms with E-state index in [9.17, 15) is 4.79 Å². The summed E-state index contributed by atoms with van der Waals surface area (Å²) in [4.78, 5) is 12.0. The summed E-state index contributed by atoms with van der Waals surface area (Å²) in [6, 6.07) is 16.3. The Labute approximate surface area is 122 Å². The Balaban J connectivity index is 2.01. The molecule has 0 spiro atoms. The van der Waals surface area contributed by atoms with Crippen molar-refractivity contribution in [3.05, 3.63) is 64.7 Å². The number of rotatable bonds is 4. The number of anilines is 1. The van der Waals surface area contributed by atoms with Gasteiger partial charge in [-0.3, -0.25) is 4.79 Å². The SMILES string of the molecule is N#CCCc1ccc(NC(=O)c2ccc(Cl)cc2)cc1. The number of hydrogen-bond acceptors (Lipinski definition) is 2. The van der Waals surface area contributed by atoms with E-state index in [4.69, 9.17) is 16.9 Å². The smallest absolute Gasteiger partial charge is 0.255 e. The van der Waals surface area contributed by atoms with Crippen LogP contribution in [0.3, 0.4) is 0 Å². The zero-order valence-corrected chi connectivity index (χ0v) is 11.5. The molecule has 20 heavy (non-hydrogen) atoms. The van der Waals surface area contributed by atoms with Crippen molar-refractivity contribution in [2.24, 2.45) is 0 Å². The average Bonchev–Trinajstić information content (AvgIpc) is 2.47. The fourth-order valence-electron chi connectivity index (χ4n) is 1.76. The quantitative estimate of drug-likeness (QED) is 0.921. The zero-order valence-electron chi connectivity index (χ0n) is 10.8. The summed E-state index contributed by atoms with van der Waals surface area (Å²) >= 11 is 5.78. The van der Waals surface area contributed by atoms with E-state index < -0.39 is 0 Å². The maximum Gasteiger partial charge on any atom is 0.255 e. The predicted octanol–water partition coefficient (Wildman–Crippen LogP) is 4.05. The molecule has 0 aromatic heterocycles. The standard InChI is InChI=1S/C16H13ClN2O/c17-14-7-5-13(6-8-14)16(20)19-15-9-3-12(4-10-15)2-1-11-18/h3-10H,1-2H2,(H,19,20). The molecule has 0 saturated carbocycles. The Morgan fingerprint density at radius 2 is 1.75 bits per heavy atom. The molecular weight excluding hydrogens is 272 g/mol. The second kappa shape index (κ2) is 6.74. The first kappa shape index (κ1) is 14.1. The number of aryl methyl sites for hydroxylation is 1. The van der Waals surface area contributed by atoms with Gasteiger partial charge in [0, 0.05) is 22.7 Å².